The summed E-state index contributed by atoms with van der Waals surface area (Å²) in [6.45, 7) is 9.21. The Hall–Kier alpha value is -4.00. The van der Waals surface area contributed by atoms with Crippen LogP contribution in [0.2, 0.25) is 0 Å². The third-order valence-electron chi connectivity index (χ3n) is 7.25. The number of nitrogens with one attached hydrogen (secondary N) is 2. The second kappa shape index (κ2) is 12.5. The zero-order valence-electron chi connectivity index (χ0n) is 23.3. The number of likely N-dealkylation sites (tertiary alicyclic amines) is 1. The SMILES string of the molecule is C=CC(=O)Nc1cc(Nc2nccc(-n3cc(CN4CC[C@H](N(C)C)C4)cn3)n2)c(OC)cc1N1CCOCC1. The van der Waals surface area contributed by atoms with Crippen molar-refractivity contribution in [2.24, 2.45) is 0 Å². The van der Waals surface area contributed by atoms with Crippen molar-refractivity contribution < 1.29 is 14.3 Å². The molecule has 3 aromatic rings. The van der Waals surface area contributed by atoms with Crippen LogP contribution in [-0.2, 0) is 16.1 Å². The Morgan fingerprint density at radius 2 is 2.08 bits per heavy atom. The lowest BCUT2D eigenvalue weighted by Crippen LogP contribution is -2.36. The third-order valence-corrected chi connectivity index (χ3v) is 7.25. The van der Waals surface area contributed by atoms with E-state index in [0.717, 1.165) is 30.9 Å². The molecule has 1 aromatic carbocycles. The van der Waals surface area contributed by atoms with Gasteiger partial charge in [-0.25, -0.2) is 9.67 Å². The number of likely N-dealkylation sites (N-methyl/N-ethyl adjacent to an activating group) is 1. The van der Waals surface area contributed by atoms with Crippen LogP contribution >= 0.6 is 0 Å². The van der Waals surface area contributed by atoms with Crippen LogP contribution in [-0.4, -0.2) is 102 Å². The molecule has 2 saturated heterocycles. The largest absolute Gasteiger partial charge is 0.494 e. The van der Waals surface area contributed by atoms with Gasteiger partial charge >= 0.3 is 0 Å². The van der Waals surface area contributed by atoms with Gasteiger partial charge in [-0.3, -0.25) is 9.69 Å². The van der Waals surface area contributed by atoms with Crippen molar-refractivity contribution in [3.8, 4) is 11.6 Å². The van der Waals surface area contributed by atoms with Crippen LogP contribution in [0.15, 0.2) is 49.4 Å². The zero-order chi connectivity index (χ0) is 28.1. The zero-order valence-corrected chi connectivity index (χ0v) is 23.3. The minimum Gasteiger partial charge on any atom is -0.494 e. The molecule has 4 heterocycles. The summed E-state index contributed by atoms with van der Waals surface area (Å²) in [5.41, 5.74) is 3.22. The first-order valence-electron chi connectivity index (χ1n) is 13.4. The summed E-state index contributed by atoms with van der Waals surface area (Å²) in [5.74, 6) is 1.31. The van der Waals surface area contributed by atoms with Crippen LogP contribution in [0.5, 0.6) is 5.75 Å². The number of aromatic nitrogens is 4. The molecule has 2 aromatic heterocycles. The van der Waals surface area contributed by atoms with Gasteiger partial charge in [-0.05, 0) is 32.7 Å². The number of amides is 1. The molecule has 212 valence electrons. The number of anilines is 4. The van der Waals surface area contributed by atoms with E-state index in [1.165, 1.54) is 12.5 Å². The van der Waals surface area contributed by atoms with E-state index in [1.54, 1.807) is 18.0 Å². The number of carbonyl (C=O) groups excluding carboxylic acids is 1. The summed E-state index contributed by atoms with van der Waals surface area (Å²) in [4.78, 5) is 28.2. The Bertz CT molecular complexity index is 1340. The number of ether oxygens (including phenoxy) is 2. The molecule has 5 rings (SSSR count). The lowest BCUT2D eigenvalue weighted by molar-refractivity contribution is -0.111. The first-order chi connectivity index (χ1) is 19.4. The highest BCUT2D eigenvalue weighted by molar-refractivity contribution is 6.02. The summed E-state index contributed by atoms with van der Waals surface area (Å²) in [6, 6.07) is 6.13. The van der Waals surface area contributed by atoms with Crippen LogP contribution in [0.4, 0.5) is 23.0 Å². The second-order valence-electron chi connectivity index (χ2n) is 10.2. The number of methoxy groups -OCH3 is 1. The minimum absolute atomic E-state index is 0.301. The first kappa shape index (κ1) is 27.6. The summed E-state index contributed by atoms with van der Waals surface area (Å²) < 4.78 is 13.0. The van der Waals surface area contributed by atoms with Crippen molar-refractivity contribution in [1.82, 2.24) is 29.5 Å². The van der Waals surface area contributed by atoms with E-state index < -0.39 is 0 Å². The maximum atomic E-state index is 12.2. The Balaban J connectivity index is 1.35. The van der Waals surface area contributed by atoms with Gasteiger partial charge in [0.05, 0.1) is 43.6 Å². The molecule has 40 heavy (non-hydrogen) atoms. The van der Waals surface area contributed by atoms with E-state index >= 15 is 0 Å². The normalized spacial score (nSPS) is 17.7. The minimum atomic E-state index is -0.301. The predicted octanol–water partition coefficient (Wildman–Crippen LogP) is 2.51. The van der Waals surface area contributed by atoms with Gasteiger partial charge < -0.3 is 29.9 Å². The third kappa shape index (κ3) is 6.41. The molecule has 12 nitrogen and oxygen atoms in total. The van der Waals surface area contributed by atoms with Crippen LogP contribution in [0.1, 0.15) is 12.0 Å². The molecular formula is C28H37N9O3. The Labute approximate surface area is 234 Å². The van der Waals surface area contributed by atoms with E-state index in [1.807, 2.05) is 30.6 Å². The topological polar surface area (TPSA) is 113 Å². The van der Waals surface area contributed by atoms with E-state index in [0.29, 0.717) is 61.2 Å². The lowest BCUT2D eigenvalue weighted by Gasteiger charge is -2.31. The van der Waals surface area contributed by atoms with Gasteiger partial charge in [-0.15, -0.1) is 0 Å². The maximum absolute atomic E-state index is 12.2. The molecule has 0 radical (unpaired) electrons. The van der Waals surface area contributed by atoms with Crippen LogP contribution in [0.3, 0.4) is 0 Å². The summed E-state index contributed by atoms with van der Waals surface area (Å²) in [6.07, 6.45) is 8.01. The van der Waals surface area contributed by atoms with Gasteiger partial charge in [-0.2, -0.15) is 10.1 Å². The van der Waals surface area contributed by atoms with Crippen molar-refractivity contribution in [2.45, 2.75) is 19.0 Å². The summed E-state index contributed by atoms with van der Waals surface area (Å²) in [7, 11) is 5.88. The van der Waals surface area contributed by atoms with Gasteiger partial charge in [0.15, 0.2) is 5.82 Å². The van der Waals surface area contributed by atoms with Crippen molar-refractivity contribution >= 4 is 28.9 Å². The molecular weight excluding hydrogens is 510 g/mol. The number of hydrogen-bond acceptors (Lipinski definition) is 10. The number of hydrogen-bond donors (Lipinski definition) is 2. The summed E-state index contributed by atoms with van der Waals surface area (Å²) >= 11 is 0. The fourth-order valence-corrected chi connectivity index (χ4v) is 5.05. The van der Waals surface area contributed by atoms with E-state index in [-0.39, 0.29) is 5.91 Å². The first-order valence-corrected chi connectivity index (χ1v) is 13.4. The molecule has 1 amide bonds. The van der Waals surface area contributed by atoms with Gasteiger partial charge in [0, 0.05) is 68.9 Å². The average Bonchev–Trinajstić information content (AvgIpc) is 3.64. The van der Waals surface area contributed by atoms with Crippen molar-refractivity contribution in [3.63, 3.8) is 0 Å². The van der Waals surface area contributed by atoms with E-state index in [2.05, 4.69) is 61.1 Å². The predicted molar refractivity (Wildman–Crippen MR) is 155 cm³/mol. The van der Waals surface area contributed by atoms with Crippen LogP contribution in [0.25, 0.3) is 5.82 Å². The molecule has 0 saturated carbocycles. The summed E-state index contributed by atoms with van der Waals surface area (Å²) in [5, 5.41) is 10.7. The van der Waals surface area contributed by atoms with Gasteiger partial charge in [0.25, 0.3) is 0 Å². The average molecular weight is 548 g/mol. The molecule has 2 aliphatic heterocycles. The molecule has 2 N–H and O–H groups in total. The smallest absolute Gasteiger partial charge is 0.247 e. The quantitative estimate of drug-likeness (QED) is 0.367. The molecule has 2 aliphatic rings. The molecule has 0 bridgehead atoms. The Morgan fingerprint density at radius 3 is 2.80 bits per heavy atom. The molecule has 1 atom stereocenters. The number of rotatable bonds is 10. The highest BCUT2D eigenvalue weighted by Crippen LogP contribution is 2.38. The highest BCUT2D eigenvalue weighted by Gasteiger charge is 2.24. The fourth-order valence-electron chi connectivity index (χ4n) is 5.05. The molecule has 2 fully saturated rings. The second-order valence-corrected chi connectivity index (χ2v) is 10.2. The number of nitrogens with zero attached hydrogens (tertiary/aromatic N) is 7. The van der Waals surface area contributed by atoms with Crippen LogP contribution in [0, 0.1) is 0 Å². The van der Waals surface area contributed by atoms with Crippen molar-refractivity contribution in [3.05, 3.63) is 55.0 Å². The fraction of sp³-hybridized carbons (Fsp3) is 0.429. The Morgan fingerprint density at radius 1 is 1.25 bits per heavy atom. The van der Waals surface area contributed by atoms with E-state index in [9.17, 15) is 4.79 Å². The van der Waals surface area contributed by atoms with E-state index in [4.69, 9.17) is 9.47 Å². The number of carbonyl (C=O) groups is 1. The number of benzene rings is 1. The maximum Gasteiger partial charge on any atom is 0.247 e. The van der Waals surface area contributed by atoms with Crippen molar-refractivity contribution in [2.75, 3.05) is 76.1 Å². The van der Waals surface area contributed by atoms with Gasteiger partial charge in [0.1, 0.15) is 5.75 Å². The number of morpholine rings is 1. The molecule has 0 aliphatic carbocycles. The standard InChI is InChI=1S/C28H37N9O3/c1-5-27(38)31-22-14-23(25(39-4)15-24(22)36-10-12-40-13-11-36)32-28-29-8-6-26(33-28)37-18-20(16-30-37)17-35-9-7-21(19-35)34(2)3/h5-6,8,14-16,18,21H,1,7,9-13,17,19H2,2-4H3,(H,31,38)(H,29,32,33)/t21-/m0/s1. The highest BCUT2D eigenvalue weighted by atomic mass is 16.5. The molecule has 0 spiro atoms. The lowest BCUT2D eigenvalue weighted by atomic mass is 10.1. The Kier molecular flexibility index (Phi) is 8.58. The van der Waals surface area contributed by atoms with Crippen molar-refractivity contribution in [1.29, 1.82) is 0 Å². The van der Waals surface area contributed by atoms with Gasteiger partial charge in [-0.1, -0.05) is 6.58 Å². The van der Waals surface area contributed by atoms with Gasteiger partial charge in [0.2, 0.25) is 11.9 Å². The molecule has 12 heteroatoms. The monoisotopic (exact) mass is 547 g/mol. The molecule has 0 unspecified atom stereocenters. The van der Waals surface area contributed by atoms with Crippen LogP contribution < -0.4 is 20.3 Å².